The summed E-state index contributed by atoms with van der Waals surface area (Å²) < 4.78 is 0. The third kappa shape index (κ3) is 5.69. The van der Waals surface area contributed by atoms with Crippen molar-refractivity contribution in [2.24, 2.45) is 0 Å². The third-order valence-corrected chi connectivity index (χ3v) is 5.36. The average molecular weight is 357 g/mol. The zero-order chi connectivity index (χ0) is 17.4. The summed E-state index contributed by atoms with van der Waals surface area (Å²) in [5.41, 5.74) is 1.60. The molecule has 2 rings (SSSR count). The molecule has 0 spiro atoms. The lowest BCUT2D eigenvalue weighted by Gasteiger charge is -2.10. The maximum absolute atomic E-state index is 12.6. The molecule has 0 N–H and O–H groups in total. The largest absolute Gasteiger partial charge is 0.286 e. The summed E-state index contributed by atoms with van der Waals surface area (Å²) in [5, 5.41) is -0.0476. The van der Waals surface area contributed by atoms with E-state index in [9.17, 15) is 9.59 Å². The molecule has 0 aliphatic rings. The Bertz CT molecular complexity index is 722. The van der Waals surface area contributed by atoms with E-state index >= 15 is 0 Å². The summed E-state index contributed by atoms with van der Waals surface area (Å²) in [6.07, 6.45) is 0.928. The van der Waals surface area contributed by atoms with E-state index in [0.29, 0.717) is 5.57 Å². The third-order valence-electron chi connectivity index (χ3n) is 3.54. The Kier molecular flexibility index (Phi) is 7.35. The van der Waals surface area contributed by atoms with E-state index in [1.807, 2.05) is 74.5 Å². The second-order valence-corrected chi connectivity index (χ2v) is 7.46. The van der Waals surface area contributed by atoms with Crippen LogP contribution >= 0.6 is 23.5 Å². The quantitative estimate of drug-likeness (QED) is 0.488. The minimum Gasteiger partial charge on any atom is -0.286 e. The molecule has 0 bridgehead atoms. The van der Waals surface area contributed by atoms with Gasteiger partial charge in [0, 0.05) is 21.8 Å². The fraction of sp³-hybridized carbons (Fsp3) is 0.200. The van der Waals surface area contributed by atoms with Crippen molar-refractivity contribution in [3.63, 3.8) is 0 Å². The number of benzene rings is 2. The molecule has 2 nitrogen and oxygen atoms in total. The molecule has 2 aromatic rings. The average Bonchev–Trinajstić information content (AvgIpc) is 2.60. The van der Waals surface area contributed by atoms with Gasteiger partial charge in [-0.25, -0.2) is 0 Å². The molecule has 0 fully saturated rings. The van der Waals surface area contributed by atoms with Crippen LogP contribution in [0.1, 0.15) is 26.7 Å². The monoisotopic (exact) mass is 356 g/mol. The molecular formula is C20H20O2S2. The van der Waals surface area contributed by atoms with Crippen LogP contribution in [0.3, 0.4) is 0 Å². The lowest BCUT2D eigenvalue weighted by molar-refractivity contribution is -0.113. The number of rotatable bonds is 6. The van der Waals surface area contributed by atoms with Crippen LogP contribution in [-0.2, 0) is 9.59 Å². The standard InChI is InChI=1S/C20H20O2S2/c1-3-15(2)18(20(22)24-17-12-8-5-9-13-17)14-19(21)23-16-10-6-4-7-11-16/h4-13H,3,14H2,1-2H3/b18-15+. The van der Waals surface area contributed by atoms with E-state index in [0.717, 1.165) is 21.8 Å². The van der Waals surface area contributed by atoms with Crippen molar-refractivity contribution in [1.82, 2.24) is 0 Å². The Hall–Kier alpha value is -1.78. The first-order valence-electron chi connectivity index (χ1n) is 7.81. The Morgan fingerprint density at radius 2 is 1.33 bits per heavy atom. The van der Waals surface area contributed by atoms with E-state index in [1.165, 1.54) is 23.5 Å². The molecule has 0 aliphatic heterocycles. The molecule has 2 aromatic carbocycles. The molecule has 0 amide bonds. The molecule has 0 aromatic heterocycles. The molecule has 0 radical (unpaired) electrons. The van der Waals surface area contributed by atoms with Gasteiger partial charge in [-0.2, -0.15) is 0 Å². The van der Waals surface area contributed by atoms with Crippen LogP contribution in [0.2, 0.25) is 0 Å². The molecule has 24 heavy (non-hydrogen) atoms. The summed E-state index contributed by atoms with van der Waals surface area (Å²) in [6, 6.07) is 19.1. The SMILES string of the molecule is CC/C(C)=C(\CC(=O)Sc1ccccc1)C(=O)Sc1ccccc1. The molecule has 0 saturated carbocycles. The molecule has 124 valence electrons. The number of hydrogen-bond acceptors (Lipinski definition) is 4. The second kappa shape index (κ2) is 9.50. The van der Waals surface area contributed by atoms with E-state index in [-0.39, 0.29) is 16.7 Å². The first-order chi connectivity index (χ1) is 11.6. The highest BCUT2D eigenvalue weighted by atomic mass is 32.2. The maximum atomic E-state index is 12.6. The Morgan fingerprint density at radius 3 is 1.83 bits per heavy atom. The summed E-state index contributed by atoms with van der Waals surface area (Å²) in [4.78, 5) is 26.8. The minimum atomic E-state index is -0.0393. The highest BCUT2D eigenvalue weighted by Gasteiger charge is 2.18. The van der Waals surface area contributed by atoms with Crippen LogP contribution < -0.4 is 0 Å². The highest BCUT2D eigenvalue weighted by molar-refractivity contribution is 8.14. The smallest absolute Gasteiger partial charge is 0.220 e. The number of allylic oxidation sites excluding steroid dienone is 1. The molecule has 4 heteroatoms. The predicted molar refractivity (Wildman–Crippen MR) is 102 cm³/mol. The molecule has 0 unspecified atom stereocenters. The van der Waals surface area contributed by atoms with E-state index in [1.54, 1.807) is 0 Å². The van der Waals surface area contributed by atoms with Crippen molar-refractivity contribution in [2.75, 3.05) is 0 Å². The summed E-state index contributed by atoms with van der Waals surface area (Å²) in [5.74, 6) is 0. The molecule has 0 saturated heterocycles. The summed E-state index contributed by atoms with van der Waals surface area (Å²) in [7, 11) is 0. The van der Waals surface area contributed by atoms with E-state index in [4.69, 9.17) is 0 Å². The second-order valence-electron chi connectivity index (χ2n) is 5.28. The van der Waals surface area contributed by atoms with Crippen molar-refractivity contribution in [3.8, 4) is 0 Å². The lowest BCUT2D eigenvalue weighted by Crippen LogP contribution is -2.06. The van der Waals surface area contributed by atoms with Crippen LogP contribution in [0, 0.1) is 0 Å². The van der Waals surface area contributed by atoms with E-state index in [2.05, 4.69) is 0 Å². The number of carbonyl (C=O) groups excluding carboxylic acids is 2. The topological polar surface area (TPSA) is 34.1 Å². The number of thioether (sulfide) groups is 2. The van der Waals surface area contributed by atoms with Crippen LogP contribution in [0.25, 0.3) is 0 Å². The highest BCUT2D eigenvalue weighted by Crippen LogP contribution is 2.29. The fourth-order valence-electron chi connectivity index (χ4n) is 2.07. The van der Waals surface area contributed by atoms with Gasteiger partial charge < -0.3 is 0 Å². The van der Waals surface area contributed by atoms with Crippen LogP contribution in [0.5, 0.6) is 0 Å². The number of carbonyl (C=O) groups is 2. The maximum Gasteiger partial charge on any atom is 0.220 e. The van der Waals surface area contributed by atoms with Gasteiger partial charge in [-0.15, -0.1) is 0 Å². The van der Waals surface area contributed by atoms with Gasteiger partial charge in [0.2, 0.25) is 5.12 Å². The van der Waals surface area contributed by atoms with Gasteiger partial charge >= 0.3 is 0 Å². The Morgan fingerprint density at radius 1 is 0.833 bits per heavy atom. The van der Waals surface area contributed by atoms with E-state index < -0.39 is 0 Å². The fourth-order valence-corrected chi connectivity index (χ4v) is 3.72. The minimum absolute atomic E-state index is 0.00832. The van der Waals surface area contributed by atoms with Gasteiger partial charge in [-0.3, -0.25) is 9.59 Å². The predicted octanol–water partition coefficient (Wildman–Crippen LogP) is 5.74. The van der Waals surface area contributed by atoms with Crippen molar-refractivity contribution < 1.29 is 9.59 Å². The molecule has 0 aliphatic carbocycles. The van der Waals surface area contributed by atoms with Gasteiger partial charge in [-0.05, 0) is 49.4 Å². The molecule has 0 atom stereocenters. The van der Waals surface area contributed by atoms with Crippen LogP contribution in [0.15, 0.2) is 81.6 Å². The lowest BCUT2D eigenvalue weighted by atomic mass is 10.1. The van der Waals surface area contributed by atoms with Gasteiger partial charge in [0.05, 0.1) is 0 Å². The van der Waals surface area contributed by atoms with Gasteiger partial charge in [-0.1, -0.05) is 60.7 Å². The zero-order valence-corrected chi connectivity index (χ0v) is 15.5. The summed E-state index contributed by atoms with van der Waals surface area (Å²) in [6.45, 7) is 3.93. The summed E-state index contributed by atoms with van der Waals surface area (Å²) >= 11 is 2.37. The van der Waals surface area contributed by atoms with Gasteiger partial charge in [0.1, 0.15) is 0 Å². The first kappa shape index (κ1) is 18.6. The molecular weight excluding hydrogens is 336 g/mol. The first-order valence-corrected chi connectivity index (χ1v) is 9.45. The van der Waals surface area contributed by atoms with Gasteiger partial charge in [0.15, 0.2) is 5.12 Å². The van der Waals surface area contributed by atoms with Crippen molar-refractivity contribution in [2.45, 2.75) is 36.5 Å². The van der Waals surface area contributed by atoms with Crippen molar-refractivity contribution in [3.05, 3.63) is 71.8 Å². The normalized spacial score (nSPS) is 11.8. The zero-order valence-electron chi connectivity index (χ0n) is 13.8. The Labute approximate surface area is 151 Å². The molecule has 0 heterocycles. The van der Waals surface area contributed by atoms with Gasteiger partial charge in [0.25, 0.3) is 0 Å². The van der Waals surface area contributed by atoms with Crippen molar-refractivity contribution >= 4 is 33.8 Å². The van der Waals surface area contributed by atoms with Crippen molar-refractivity contribution in [1.29, 1.82) is 0 Å². The number of hydrogen-bond donors (Lipinski definition) is 0. The van der Waals surface area contributed by atoms with Crippen LogP contribution in [-0.4, -0.2) is 10.2 Å². The van der Waals surface area contributed by atoms with Crippen LogP contribution in [0.4, 0.5) is 0 Å². The Balaban J connectivity index is 2.08.